The summed E-state index contributed by atoms with van der Waals surface area (Å²) in [6.45, 7) is 0.646. The van der Waals surface area contributed by atoms with Crippen molar-refractivity contribution in [1.29, 1.82) is 0 Å². The Kier molecular flexibility index (Phi) is 4.76. The van der Waals surface area contributed by atoms with Gasteiger partial charge in [-0.25, -0.2) is 4.31 Å². The first-order valence-electron chi connectivity index (χ1n) is 6.07. The minimum atomic E-state index is -3.89. The molecule has 0 radical (unpaired) electrons. The second-order valence-electron chi connectivity index (χ2n) is 4.18. The molecule has 1 aliphatic heterocycles. The molecule has 7 nitrogen and oxygen atoms in total. The monoisotopic (exact) mass is 329 g/mol. The average molecular weight is 329 g/mol. The van der Waals surface area contributed by atoms with Crippen molar-refractivity contribution in [2.45, 2.75) is 0 Å². The fraction of sp³-hybridized carbons (Fsp3) is 0.333. The van der Waals surface area contributed by atoms with Gasteiger partial charge in [-0.3, -0.25) is 4.79 Å². The highest BCUT2D eigenvalue weighted by molar-refractivity contribution is 7.88. The second-order valence-corrected chi connectivity index (χ2v) is 6.75. The summed E-state index contributed by atoms with van der Waals surface area (Å²) in [5.41, 5.74) is 0.296. The maximum Gasteiger partial charge on any atom is 0.345 e. The third-order valence-corrected chi connectivity index (χ3v) is 4.98. The maximum absolute atomic E-state index is 12.1. The highest BCUT2D eigenvalue weighted by Crippen LogP contribution is 2.21. The molecule has 0 saturated heterocycles. The normalized spacial score (nSPS) is 17.1. The molecule has 1 aromatic rings. The first kappa shape index (κ1) is 15.7. The van der Waals surface area contributed by atoms with Crippen LogP contribution in [0, 0.1) is 0 Å². The molecule has 1 aromatic heterocycles. The summed E-state index contributed by atoms with van der Waals surface area (Å²) < 4.78 is 33.5. The van der Waals surface area contributed by atoms with Crippen LogP contribution in [0.4, 0.5) is 0 Å². The topological polar surface area (TPSA) is 88.1 Å². The Morgan fingerprint density at radius 2 is 2.29 bits per heavy atom. The summed E-state index contributed by atoms with van der Waals surface area (Å²) in [5, 5.41) is 4.41. The number of carbonyl (C=O) groups excluding carboxylic acids is 1. The molecule has 9 heteroatoms. The summed E-state index contributed by atoms with van der Waals surface area (Å²) in [5.74, 6) is -0.484. The van der Waals surface area contributed by atoms with Crippen molar-refractivity contribution in [3.63, 3.8) is 0 Å². The Balaban J connectivity index is 2.30. The first-order valence-corrected chi connectivity index (χ1v) is 8.35. The molecule has 21 heavy (non-hydrogen) atoms. The molecule has 114 valence electrons. The molecule has 1 aliphatic rings. The Bertz CT molecular complexity index is 677. The number of hydrogen-bond donors (Lipinski definition) is 1. The lowest BCUT2D eigenvalue weighted by atomic mass is 10.2. The van der Waals surface area contributed by atoms with Crippen molar-refractivity contribution in [3.05, 3.63) is 34.2 Å². The van der Waals surface area contributed by atoms with Crippen LogP contribution < -0.4 is 5.32 Å². The van der Waals surface area contributed by atoms with Crippen LogP contribution in [0.15, 0.2) is 33.7 Å². The predicted octanol–water partition coefficient (Wildman–Crippen LogP) is 0.374. The molecule has 1 amide bonds. The van der Waals surface area contributed by atoms with Gasteiger partial charge in [0.2, 0.25) is 0 Å². The number of amides is 1. The van der Waals surface area contributed by atoms with E-state index < -0.39 is 16.1 Å². The van der Waals surface area contributed by atoms with Gasteiger partial charge in [0, 0.05) is 20.7 Å². The molecule has 2 heterocycles. The Morgan fingerprint density at radius 3 is 2.90 bits per heavy atom. The van der Waals surface area contributed by atoms with Crippen LogP contribution >= 0.6 is 11.3 Å². The van der Waals surface area contributed by atoms with Crippen molar-refractivity contribution < 1.29 is 17.9 Å². The second kappa shape index (κ2) is 6.37. The molecule has 1 N–H and O–H groups in total. The maximum atomic E-state index is 12.1. The standard InChI is InChI=1S/C12H15N3O4S2/c1-15-10(12(16)13-5-6-19-2)8-9(14-21(15,17)18)11-4-3-7-20-11/h3-4,7-8H,5-6H2,1-2H3,(H,13,16). The number of allylic oxidation sites excluding steroid dienone is 1. The van der Waals surface area contributed by atoms with Gasteiger partial charge < -0.3 is 10.1 Å². The van der Waals surface area contributed by atoms with E-state index in [1.54, 1.807) is 12.1 Å². The zero-order valence-corrected chi connectivity index (χ0v) is 13.2. The highest BCUT2D eigenvalue weighted by Gasteiger charge is 2.29. The third-order valence-electron chi connectivity index (χ3n) is 2.77. The van der Waals surface area contributed by atoms with E-state index in [9.17, 15) is 13.2 Å². The van der Waals surface area contributed by atoms with Gasteiger partial charge in [0.25, 0.3) is 5.91 Å². The number of ether oxygens (including phenoxy) is 1. The first-order chi connectivity index (χ1) is 9.95. The minimum absolute atomic E-state index is 0.0319. The summed E-state index contributed by atoms with van der Waals surface area (Å²) in [4.78, 5) is 12.8. The molecule has 0 atom stereocenters. The molecule has 2 rings (SSSR count). The quantitative estimate of drug-likeness (QED) is 0.791. The molecule has 0 fully saturated rings. The molecular weight excluding hydrogens is 314 g/mol. The number of rotatable bonds is 5. The SMILES string of the molecule is COCCNC(=O)C1=CC(c2cccs2)=NS(=O)(=O)N1C. The van der Waals surface area contributed by atoms with Crippen molar-refractivity contribution in [2.75, 3.05) is 27.3 Å². The van der Waals surface area contributed by atoms with Crippen molar-refractivity contribution in [2.24, 2.45) is 4.40 Å². The van der Waals surface area contributed by atoms with E-state index in [0.717, 1.165) is 4.31 Å². The van der Waals surface area contributed by atoms with Crippen LogP contribution in [-0.4, -0.2) is 51.7 Å². The van der Waals surface area contributed by atoms with Crippen LogP contribution in [0.1, 0.15) is 4.88 Å². The number of hydrogen-bond acceptors (Lipinski definition) is 5. The predicted molar refractivity (Wildman–Crippen MR) is 80.5 cm³/mol. The molecule has 0 saturated carbocycles. The van der Waals surface area contributed by atoms with E-state index >= 15 is 0 Å². The van der Waals surface area contributed by atoms with Gasteiger partial charge in [0.1, 0.15) is 5.70 Å². The van der Waals surface area contributed by atoms with Gasteiger partial charge in [-0.05, 0) is 17.5 Å². The molecule has 0 bridgehead atoms. The van der Waals surface area contributed by atoms with E-state index in [0.29, 0.717) is 18.0 Å². The summed E-state index contributed by atoms with van der Waals surface area (Å²) in [7, 11) is -1.08. The lowest BCUT2D eigenvalue weighted by Gasteiger charge is -2.23. The van der Waals surface area contributed by atoms with Crippen LogP contribution in [-0.2, 0) is 19.7 Å². The Morgan fingerprint density at radius 1 is 1.52 bits per heavy atom. The zero-order valence-electron chi connectivity index (χ0n) is 11.6. The minimum Gasteiger partial charge on any atom is -0.383 e. The van der Waals surface area contributed by atoms with E-state index in [2.05, 4.69) is 9.71 Å². The van der Waals surface area contributed by atoms with Crippen LogP contribution in [0.3, 0.4) is 0 Å². The Labute approximate surface area is 127 Å². The van der Waals surface area contributed by atoms with Gasteiger partial charge in [-0.15, -0.1) is 15.7 Å². The van der Waals surface area contributed by atoms with E-state index in [4.69, 9.17) is 4.74 Å². The number of carbonyl (C=O) groups is 1. The number of nitrogens with zero attached hydrogens (tertiary/aromatic N) is 2. The highest BCUT2D eigenvalue weighted by atomic mass is 32.2. The molecule has 0 spiro atoms. The Hall–Kier alpha value is -1.71. The van der Waals surface area contributed by atoms with Gasteiger partial charge in [-0.2, -0.15) is 8.42 Å². The third kappa shape index (κ3) is 3.49. The molecule has 0 aromatic carbocycles. The van der Waals surface area contributed by atoms with E-state index in [1.165, 1.54) is 31.6 Å². The van der Waals surface area contributed by atoms with Crippen LogP contribution in [0.2, 0.25) is 0 Å². The fourth-order valence-corrected chi connectivity index (χ4v) is 3.31. The van der Waals surface area contributed by atoms with Crippen molar-refractivity contribution in [3.8, 4) is 0 Å². The lowest BCUT2D eigenvalue weighted by molar-refractivity contribution is -0.118. The number of nitrogens with one attached hydrogen (secondary N) is 1. The van der Waals surface area contributed by atoms with Crippen LogP contribution in [0.25, 0.3) is 0 Å². The van der Waals surface area contributed by atoms with Crippen molar-refractivity contribution >= 4 is 33.2 Å². The number of likely N-dealkylation sites (N-methyl/N-ethyl adjacent to an activating group) is 1. The fourth-order valence-electron chi connectivity index (χ4n) is 1.66. The summed E-state index contributed by atoms with van der Waals surface area (Å²) in [6.07, 6.45) is 1.47. The smallest absolute Gasteiger partial charge is 0.345 e. The number of methoxy groups -OCH3 is 1. The molecule has 0 aliphatic carbocycles. The van der Waals surface area contributed by atoms with E-state index in [-0.39, 0.29) is 11.4 Å². The van der Waals surface area contributed by atoms with Crippen LogP contribution in [0.5, 0.6) is 0 Å². The number of thiophene rings is 1. The largest absolute Gasteiger partial charge is 0.383 e. The van der Waals surface area contributed by atoms with Gasteiger partial charge in [0.15, 0.2) is 0 Å². The van der Waals surface area contributed by atoms with E-state index in [1.807, 2.05) is 5.38 Å². The van der Waals surface area contributed by atoms with Gasteiger partial charge in [0.05, 0.1) is 17.2 Å². The van der Waals surface area contributed by atoms with Gasteiger partial charge >= 0.3 is 10.2 Å². The lowest BCUT2D eigenvalue weighted by Crippen LogP contribution is -2.39. The summed E-state index contributed by atoms with van der Waals surface area (Å²) in [6, 6.07) is 3.54. The molecular formula is C12H15N3O4S2. The average Bonchev–Trinajstić information content (AvgIpc) is 2.95. The van der Waals surface area contributed by atoms with Gasteiger partial charge in [-0.1, -0.05) is 6.07 Å². The molecule has 0 unspecified atom stereocenters. The van der Waals surface area contributed by atoms with Crippen molar-refractivity contribution in [1.82, 2.24) is 9.62 Å². The zero-order chi connectivity index (χ0) is 15.5. The summed E-state index contributed by atoms with van der Waals surface area (Å²) >= 11 is 1.36.